The van der Waals surface area contributed by atoms with Gasteiger partial charge in [0.1, 0.15) is 6.07 Å². The van der Waals surface area contributed by atoms with Crippen molar-refractivity contribution in [3.05, 3.63) is 34.6 Å². The van der Waals surface area contributed by atoms with Crippen molar-refractivity contribution in [3.8, 4) is 12.1 Å². The van der Waals surface area contributed by atoms with Crippen LogP contribution >= 0.6 is 11.6 Å². The fourth-order valence-corrected chi connectivity index (χ4v) is 4.12. The molecule has 1 unspecified atom stereocenters. The van der Waals surface area contributed by atoms with Crippen LogP contribution in [-0.4, -0.2) is 44.5 Å². The van der Waals surface area contributed by atoms with E-state index in [1.54, 1.807) is 22.7 Å². The third kappa shape index (κ3) is 3.98. The van der Waals surface area contributed by atoms with Gasteiger partial charge in [0.25, 0.3) is 0 Å². The molecule has 1 aliphatic heterocycles. The Hall–Kier alpha value is -3.60. The number of rotatable bonds is 5. The van der Waals surface area contributed by atoms with Crippen molar-refractivity contribution < 1.29 is 0 Å². The highest BCUT2D eigenvalue weighted by molar-refractivity contribution is 6.36. The zero-order valence-electron chi connectivity index (χ0n) is 17.2. The number of aromatic nitrogens is 4. The number of anilines is 4. The SMILES string of the molecule is N#Cc1cc(Nc2nc(NC3CC3)n3cc(C#N)nc3n2)c(Cl)c(N2CCCC(N)C2)c1. The number of nitrogens with two attached hydrogens (primary N) is 1. The average molecular weight is 449 g/mol. The Bertz CT molecular complexity index is 1270. The topological polar surface area (TPSA) is 144 Å². The molecule has 1 aliphatic carbocycles. The maximum absolute atomic E-state index is 9.57. The number of nitrogens with one attached hydrogen (secondary N) is 2. The van der Waals surface area contributed by atoms with Crippen LogP contribution in [0.5, 0.6) is 0 Å². The van der Waals surface area contributed by atoms with E-state index in [2.05, 4.69) is 36.6 Å². The van der Waals surface area contributed by atoms with Gasteiger partial charge in [0, 0.05) is 25.2 Å². The monoisotopic (exact) mass is 448 g/mol. The summed E-state index contributed by atoms with van der Waals surface area (Å²) in [6.07, 6.45) is 5.66. The van der Waals surface area contributed by atoms with E-state index in [9.17, 15) is 10.5 Å². The van der Waals surface area contributed by atoms with Crippen molar-refractivity contribution in [1.82, 2.24) is 19.4 Å². The molecular formula is C21H21ClN10. The minimum atomic E-state index is 0.0681. The van der Waals surface area contributed by atoms with E-state index < -0.39 is 0 Å². The lowest BCUT2D eigenvalue weighted by molar-refractivity contribution is 0.506. The Balaban J connectivity index is 1.53. The largest absolute Gasteiger partial charge is 0.369 e. The second kappa shape index (κ2) is 8.15. The minimum Gasteiger partial charge on any atom is -0.369 e. The summed E-state index contributed by atoms with van der Waals surface area (Å²) in [5, 5.41) is 25.8. The number of nitrogens with zero attached hydrogens (tertiary/aromatic N) is 7. The molecule has 1 saturated carbocycles. The molecule has 5 rings (SSSR count). The molecule has 32 heavy (non-hydrogen) atoms. The molecular weight excluding hydrogens is 428 g/mol. The lowest BCUT2D eigenvalue weighted by Gasteiger charge is -2.33. The number of halogens is 1. The van der Waals surface area contributed by atoms with E-state index in [-0.39, 0.29) is 17.7 Å². The smallest absolute Gasteiger partial charge is 0.241 e. The van der Waals surface area contributed by atoms with E-state index in [1.807, 2.05) is 6.07 Å². The molecule has 0 spiro atoms. The second-order valence-corrected chi connectivity index (χ2v) is 8.52. The molecule has 0 radical (unpaired) electrons. The summed E-state index contributed by atoms with van der Waals surface area (Å²) in [6.45, 7) is 1.50. The quantitative estimate of drug-likeness (QED) is 0.536. The predicted octanol–water partition coefficient (Wildman–Crippen LogP) is 2.77. The van der Waals surface area contributed by atoms with Crippen molar-refractivity contribution in [2.45, 2.75) is 37.8 Å². The summed E-state index contributed by atoms with van der Waals surface area (Å²) in [6, 6.07) is 8.09. The van der Waals surface area contributed by atoms with Crippen molar-refractivity contribution in [2.75, 3.05) is 28.6 Å². The fourth-order valence-electron chi connectivity index (χ4n) is 3.84. The zero-order chi connectivity index (χ0) is 22.2. The van der Waals surface area contributed by atoms with E-state index >= 15 is 0 Å². The Kier molecular flexibility index (Phi) is 5.17. The summed E-state index contributed by atoms with van der Waals surface area (Å²) in [4.78, 5) is 15.4. The Morgan fingerprint density at radius 2 is 1.97 bits per heavy atom. The van der Waals surface area contributed by atoms with Gasteiger partial charge in [-0.3, -0.25) is 4.40 Å². The summed E-state index contributed by atoms with van der Waals surface area (Å²) in [5.74, 6) is 1.16. The number of piperidine rings is 1. The third-order valence-corrected chi connectivity index (χ3v) is 5.98. The molecule has 10 nitrogen and oxygen atoms in total. The highest BCUT2D eigenvalue weighted by Gasteiger charge is 2.25. The lowest BCUT2D eigenvalue weighted by atomic mass is 10.0. The van der Waals surface area contributed by atoms with Crippen LogP contribution in [0.3, 0.4) is 0 Å². The van der Waals surface area contributed by atoms with E-state index in [4.69, 9.17) is 17.3 Å². The van der Waals surface area contributed by atoms with E-state index in [1.165, 1.54) is 0 Å². The van der Waals surface area contributed by atoms with E-state index in [0.29, 0.717) is 40.6 Å². The van der Waals surface area contributed by atoms with Gasteiger partial charge in [-0.25, -0.2) is 0 Å². The van der Waals surface area contributed by atoms with Crippen LogP contribution < -0.4 is 21.3 Å². The molecule has 1 saturated heterocycles. The first-order valence-electron chi connectivity index (χ1n) is 10.5. The molecule has 162 valence electrons. The highest BCUT2D eigenvalue weighted by Crippen LogP contribution is 2.37. The van der Waals surface area contributed by atoms with Gasteiger partial charge in [-0.2, -0.15) is 25.5 Å². The molecule has 3 aromatic rings. The van der Waals surface area contributed by atoms with Crippen molar-refractivity contribution >= 4 is 40.7 Å². The molecule has 1 aromatic carbocycles. The molecule has 2 aliphatic rings. The number of fused-ring (bicyclic) bond motifs is 1. The Labute approximate surface area is 189 Å². The summed E-state index contributed by atoms with van der Waals surface area (Å²) < 4.78 is 1.66. The van der Waals surface area contributed by atoms with Crippen LogP contribution in [0.1, 0.15) is 36.9 Å². The van der Waals surface area contributed by atoms with Crippen LogP contribution in [0.15, 0.2) is 18.3 Å². The van der Waals surface area contributed by atoms with Gasteiger partial charge in [-0.05, 0) is 37.8 Å². The highest BCUT2D eigenvalue weighted by atomic mass is 35.5. The first-order valence-corrected chi connectivity index (χ1v) is 10.9. The van der Waals surface area contributed by atoms with Crippen LogP contribution in [0.2, 0.25) is 5.02 Å². The number of hydrogen-bond acceptors (Lipinski definition) is 9. The maximum Gasteiger partial charge on any atom is 0.241 e. The van der Waals surface area contributed by atoms with Gasteiger partial charge < -0.3 is 21.3 Å². The van der Waals surface area contributed by atoms with Crippen molar-refractivity contribution in [2.24, 2.45) is 5.73 Å². The number of benzene rings is 1. The van der Waals surface area contributed by atoms with Crippen LogP contribution in [-0.2, 0) is 0 Å². The zero-order valence-corrected chi connectivity index (χ0v) is 18.0. The molecule has 4 N–H and O–H groups in total. The summed E-state index contributed by atoms with van der Waals surface area (Å²) in [7, 11) is 0. The lowest BCUT2D eigenvalue weighted by Crippen LogP contribution is -2.43. The fraction of sp³-hybridized carbons (Fsp3) is 0.381. The van der Waals surface area contributed by atoms with Crippen molar-refractivity contribution in [1.29, 1.82) is 10.5 Å². The van der Waals surface area contributed by atoms with Crippen molar-refractivity contribution in [3.63, 3.8) is 0 Å². The van der Waals surface area contributed by atoms with Gasteiger partial charge in [0.2, 0.25) is 17.7 Å². The van der Waals surface area contributed by atoms with Crippen LogP contribution in [0.25, 0.3) is 5.78 Å². The third-order valence-electron chi connectivity index (χ3n) is 5.59. The minimum absolute atomic E-state index is 0.0681. The average Bonchev–Trinajstić information content (AvgIpc) is 3.50. The van der Waals surface area contributed by atoms with Crippen LogP contribution in [0.4, 0.5) is 23.3 Å². The molecule has 2 fully saturated rings. The maximum atomic E-state index is 9.57. The number of imidazole rings is 1. The predicted molar refractivity (Wildman–Crippen MR) is 121 cm³/mol. The molecule has 11 heteroatoms. The van der Waals surface area contributed by atoms with Gasteiger partial charge in [-0.15, -0.1) is 0 Å². The standard InChI is InChI=1S/C21H21ClN10/c22-18-16(6-12(8-23)7-17(18)31-5-1-2-13(25)10-31)28-19-29-20(26-14-3-4-14)32-11-15(9-24)27-21(32)30-19/h6-7,11,13-14H,1-5,10,25H2,(H2,26,27,28,29,30). The summed E-state index contributed by atoms with van der Waals surface area (Å²) >= 11 is 6.76. The van der Waals surface area contributed by atoms with Crippen LogP contribution in [0, 0.1) is 22.7 Å². The first kappa shape index (κ1) is 20.3. The number of nitriles is 2. The van der Waals surface area contributed by atoms with Gasteiger partial charge in [0.15, 0.2) is 5.69 Å². The molecule has 0 amide bonds. The Morgan fingerprint density at radius 3 is 2.69 bits per heavy atom. The number of hydrogen-bond donors (Lipinski definition) is 3. The molecule has 0 bridgehead atoms. The van der Waals surface area contributed by atoms with Gasteiger partial charge in [0.05, 0.1) is 34.2 Å². The van der Waals surface area contributed by atoms with Gasteiger partial charge >= 0.3 is 0 Å². The van der Waals surface area contributed by atoms with E-state index in [0.717, 1.165) is 37.9 Å². The summed E-state index contributed by atoms with van der Waals surface area (Å²) in [5.41, 5.74) is 8.15. The molecule has 2 aromatic heterocycles. The second-order valence-electron chi connectivity index (χ2n) is 8.14. The first-order chi connectivity index (χ1) is 15.5. The molecule has 3 heterocycles. The Morgan fingerprint density at radius 1 is 1.12 bits per heavy atom. The molecule has 1 atom stereocenters. The normalized spacial score (nSPS) is 18.2. The van der Waals surface area contributed by atoms with Gasteiger partial charge in [-0.1, -0.05) is 11.6 Å².